The lowest BCUT2D eigenvalue weighted by Crippen LogP contribution is -2.45. The van der Waals surface area contributed by atoms with E-state index in [2.05, 4.69) is 9.80 Å². The van der Waals surface area contributed by atoms with E-state index in [1.54, 1.807) is 0 Å². The molecule has 1 saturated heterocycles. The summed E-state index contributed by atoms with van der Waals surface area (Å²) in [5, 5.41) is 10.8. The van der Waals surface area contributed by atoms with Gasteiger partial charge in [0.25, 0.3) is 11.6 Å². The van der Waals surface area contributed by atoms with Crippen molar-refractivity contribution in [3.63, 3.8) is 0 Å². The van der Waals surface area contributed by atoms with Gasteiger partial charge in [-0.15, -0.1) is 0 Å². The molecule has 1 aliphatic carbocycles. The van der Waals surface area contributed by atoms with Crippen LogP contribution >= 0.6 is 0 Å². The van der Waals surface area contributed by atoms with Gasteiger partial charge in [0.15, 0.2) is 0 Å². The van der Waals surface area contributed by atoms with Crippen molar-refractivity contribution >= 4 is 5.69 Å². The predicted molar refractivity (Wildman–Crippen MR) is 73.4 cm³/mol. The summed E-state index contributed by atoms with van der Waals surface area (Å²) < 4.78 is 28.4. The molecule has 1 aromatic carbocycles. The molecule has 0 spiro atoms. The van der Waals surface area contributed by atoms with Crippen LogP contribution in [-0.4, -0.2) is 47.9 Å². The molecule has 7 heteroatoms. The molecule has 0 unspecified atom stereocenters. The SMILES string of the molecule is CN1CCN([C@@H]2CC(F)(F)c3cc([N+](=O)[O-])ccc32)CC1. The predicted octanol–water partition coefficient (Wildman–Crippen LogP) is 2.38. The molecular weight excluding hydrogens is 280 g/mol. The van der Waals surface area contributed by atoms with E-state index >= 15 is 0 Å². The minimum Gasteiger partial charge on any atom is -0.304 e. The van der Waals surface area contributed by atoms with Crippen molar-refractivity contribution in [3.8, 4) is 0 Å². The molecular formula is C14H17F2N3O2. The molecule has 5 nitrogen and oxygen atoms in total. The number of non-ortho nitro benzene ring substituents is 1. The summed E-state index contributed by atoms with van der Waals surface area (Å²) >= 11 is 0. The largest absolute Gasteiger partial charge is 0.304 e. The summed E-state index contributed by atoms with van der Waals surface area (Å²) in [4.78, 5) is 14.4. The van der Waals surface area contributed by atoms with Crippen LogP contribution in [0.4, 0.5) is 14.5 Å². The fourth-order valence-corrected chi connectivity index (χ4v) is 3.19. The molecule has 1 aromatic rings. The number of hydrogen-bond donors (Lipinski definition) is 0. The van der Waals surface area contributed by atoms with Gasteiger partial charge in [0.05, 0.1) is 4.92 Å². The van der Waals surface area contributed by atoms with E-state index in [9.17, 15) is 18.9 Å². The molecule has 0 saturated carbocycles. The Bertz CT molecular complexity index is 571. The number of alkyl halides is 2. The Kier molecular flexibility index (Phi) is 3.41. The van der Waals surface area contributed by atoms with E-state index < -0.39 is 10.8 Å². The van der Waals surface area contributed by atoms with Crippen LogP contribution < -0.4 is 0 Å². The summed E-state index contributed by atoms with van der Waals surface area (Å²) in [7, 11) is 2.01. The summed E-state index contributed by atoms with van der Waals surface area (Å²) in [6.07, 6.45) is -0.285. The molecule has 0 N–H and O–H groups in total. The first-order valence-corrected chi connectivity index (χ1v) is 6.98. The lowest BCUT2D eigenvalue weighted by Gasteiger charge is -2.36. The molecule has 21 heavy (non-hydrogen) atoms. The van der Waals surface area contributed by atoms with Crippen LogP contribution in [0.15, 0.2) is 18.2 Å². The fourth-order valence-electron chi connectivity index (χ4n) is 3.19. The maximum atomic E-state index is 14.2. The van der Waals surface area contributed by atoms with E-state index in [1.165, 1.54) is 12.1 Å². The minimum atomic E-state index is -2.99. The Morgan fingerprint density at radius 3 is 2.57 bits per heavy atom. The van der Waals surface area contributed by atoms with Gasteiger partial charge in [0, 0.05) is 56.3 Å². The van der Waals surface area contributed by atoms with E-state index in [-0.39, 0.29) is 23.7 Å². The Morgan fingerprint density at radius 1 is 1.29 bits per heavy atom. The van der Waals surface area contributed by atoms with E-state index in [0.717, 1.165) is 32.2 Å². The first-order valence-electron chi connectivity index (χ1n) is 6.98. The topological polar surface area (TPSA) is 49.6 Å². The highest BCUT2D eigenvalue weighted by molar-refractivity contribution is 5.46. The third kappa shape index (κ3) is 2.51. The van der Waals surface area contributed by atoms with Gasteiger partial charge in [0.2, 0.25) is 0 Å². The van der Waals surface area contributed by atoms with Gasteiger partial charge in [-0.1, -0.05) is 6.07 Å². The van der Waals surface area contributed by atoms with Crippen LogP contribution in [0.1, 0.15) is 23.6 Å². The summed E-state index contributed by atoms with van der Waals surface area (Å²) in [6, 6.07) is 3.51. The monoisotopic (exact) mass is 297 g/mol. The number of nitro groups is 1. The zero-order valence-electron chi connectivity index (χ0n) is 11.8. The molecule has 0 radical (unpaired) electrons. The van der Waals surface area contributed by atoms with Crippen molar-refractivity contribution in [2.75, 3.05) is 33.2 Å². The fraction of sp³-hybridized carbons (Fsp3) is 0.571. The lowest BCUT2D eigenvalue weighted by atomic mass is 10.1. The van der Waals surface area contributed by atoms with Gasteiger partial charge in [-0.2, -0.15) is 0 Å². The second kappa shape index (κ2) is 4.99. The van der Waals surface area contributed by atoms with Crippen LogP contribution in [0.25, 0.3) is 0 Å². The minimum absolute atomic E-state index is 0.180. The maximum Gasteiger partial charge on any atom is 0.275 e. The number of hydrogen-bond acceptors (Lipinski definition) is 4. The first-order chi connectivity index (χ1) is 9.88. The smallest absolute Gasteiger partial charge is 0.275 e. The van der Waals surface area contributed by atoms with Crippen LogP contribution in [0.2, 0.25) is 0 Å². The molecule has 2 aliphatic rings. The Balaban J connectivity index is 1.93. The normalized spacial score (nSPS) is 25.8. The molecule has 1 fully saturated rings. The molecule has 114 valence electrons. The average Bonchev–Trinajstić information content (AvgIpc) is 2.71. The maximum absolute atomic E-state index is 14.2. The molecule has 3 rings (SSSR count). The number of piperazine rings is 1. The van der Waals surface area contributed by atoms with Crippen molar-refractivity contribution < 1.29 is 13.7 Å². The van der Waals surface area contributed by atoms with E-state index in [4.69, 9.17) is 0 Å². The Hall–Kier alpha value is -1.60. The van der Waals surface area contributed by atoms with Crippen molar-refractivity contribution in [3.05, 3.63) is 39.4 Å². The van der Waals surface area contributed by atoms with Gasteiger partial charge >= 0.3 is 0 Å². The standard InChI is InChI=1S/C14H17F2N3O2/c1-17-4-6-18(7-5-17)13-9-14(15,16)12-8-10(19(20)21)2-3-11(12)13/h2-3,8,13H,4-7,9H2,1H3/t13-/m1/s1. The molecule has 1 atom stereocenters. The van der Waals surface area contributed by atoms with Gasteiger partial charge < -0.3 is 4.90 Å². The Morgan fingerprint density at radius 2 is 1.95 bits per heavy atom. The highest BCUT2D eigenvalue weighted by Gasteiger charge is 2.47. The van der Waals surface area contributed by atoms with Gasteiger partial charge in [-0.25, -0.2) is 8.78 Å². The molecule has 1 aliphatic heterocycles. The van der Waals surface area contributed by atoms with Crippen molar-refractivity contribution in [1.82, 2.24) is 9.80 Å². The van der Waals surface area contributed by atoms with Crippen LogP contribution in [0.5, 0.6) is 0 Å². The van der Waals surface area contributed by atoms with Crippen LogP contribution in [-0.2, 0) is 5.92 Å². The molecule has 0 aromatic heterocycles. The van der Waals surface area contributed by atoms with E-state index in [0.29, 0.717) is 5.56 Å². The Labute approximate surface area is 121 Å². The van der Waals surface area contributed by atoms with Gasteiger partial charge in [-0.05, 0) is 12.6 Å². The second-order valence-electron chi connectivity index (χ2n) is 5.79. The number of benzene rings is 1. The second-order valence-corrected chi connectivity index (χ2v) is 5.79. The zero-order chi connectivity index (χ0) is 15.2. The summed E-state index contributed by atoms with van der Waals surface area (Å²) in [6.45, 7) is 3.19. The molecule has 0 amide bonds. The van der Waals surface area contributed by atoms with Gasteiger partial charge in [-0.3, -0.25) is 15.0 Å². The summed E-state index contributed by atoms with van der Waals surface area (Å²) in [5.74, 6) is -2.99. The summed E-state index contributed by atoms with van der Waals surface area (Å²) in [5.41, 5.74) is 0.0863. The zero-order valence-corrected chi connectivity index (χ0v) is 11.8. The van der Waals surface area contributed by atoms with Crippen LogP contribution in [0.3, 0.4) is 0 Å². The van der Waals surface area contributed by atoms with Crippen molar-refractivity contribution in [1.29, 1.82) is 0 Å². The number of likely N-dealkylation sites (N-methyl/N-ethyl adjacent to an activating group) is 1. The highest BCUT2D eigenvalue weighted by Crippen LogP contribution is 2.50. The highest BCUT2D eigenvalue weighted by atomic mass is 19.3. The van der Waals surface area contributed by atoms with Crippen LogP contribution in [0, 0.1) is 10.1 Å². The lowest BCUT2D eigenvalue weighted by molar-refractivity contribution is -0.385. The quantitative estimate of drug-likeness (QED) is 0.621. The number of nitrogens with zero attached hydrogens (tertiary/aromatic N) is 3. The van der Waals surface area contributed by atoms with Crippen molar-refractivity contribution in [2.45, 2.75) is 18.4 Å². The number of nitro benzene ring substituents is 1. The third-order valence-electron chi connectivity index (χ3n) is 4.43. The first kappa shape index (κ1) is 14.3. The number of halogens is 2. The third-order valence-corrected chi connectivity index (χ3v) is 4.43. The average molecular weight is 297 g/mol. The van der Waals surface area contributed by atoms with Gasteiger partial charge in [0.1, 0.15) is 0 Å². The van der Waals surface area contributed by atoms with Crippen molar-refractivity contribution in [2.24, 2.45) is 0 Å². The molecule has 0 bridgehead atoms. The van der Waals surface area contributed by atoms with E-state index in [1.807, 2.05) is 7.05 Å². The number of fused-ring (bicyclic) bond motifs is 1. The number of rotatable bonds is 2. The molecule has 1 heterocycles.